The first-order valence-electron chi connectivity index (χ1n) is 12.4. The van der Waals surface area contributed by atoms with E-state index in [2.05, 4.69) is 11.6 Å². The molecule has 0 atom stereocenters. The van der Waals surface area contributed by atoms with Crippen molar-refractivity contribution in [3.8, 4) is 22.4 Å². The first-order chi connectivity index (χ1) is 17.0. The number of hydrogen-bond donors (Lipinski definition) is 1. The van der Waals surface area contributed by atoms with E-state index in [1.807, 2.05) is 30.3 Å². The highest BCUT2D eigenvalue weighted by Gasteiger charge is 2.27. The lowest BCUT2D eigenvalue weighted by Crippen LogP contribution is -2.23. The normalized spacial score (nSPS) is 18.0. The van der Waals surface area contributed by atoms with Gasteiger partial charge in [-0.1, -0.05) is 67.4 Å². The number of nitrogens with zero attached hydrogens (tertiary/aromatic N) is 2. The van der Waals surface area contributed by atoms with Crippen LogP contribution in [0.2, 0.25) is 5.02 Å². The topological polar surface area (TPSA) is 64.4 Å². The Kier molecular flexibility index (Phi) is 8.58. The quantitative estimate of drug-likeness (QED) is 0.331. The molecule has 0 bridgehead atoms. The molecule has 0 aliphatic heterocycles. The maximum atomic E-state index is 15.2. The summed E-state index contributed by atoms with van der Waals surface area (Å²) in [6, 6.07) is 15.2. The van der Waals surface area contributed by atoms with Gasteiger partial charge in [-0.25, -0.2) is 9.18 Å². The van der Waals surface area contributed by atoms with Crippen LogP contribution >= 0.6 is 11.6 Å². The summed E-state index contributed by atoms with van der Waals surface area (Å²) in [5.41, 5.74) is 4.15. The zero-order valence-corrected chi connectivity index (χ0v) is 20.8. The van der Waals surface area contributed by atoms with Crippen LogP contribution in [0.15, 0.2) is 48.5 Å². The SMILES string of the molecule is CCCc1nn(C[C@H]2CC[C@@H](COCC(=O)O)CC2)c(-c2ccccc2)c1-c1cccc(Cl)c1F. The van der Waals surface area contributed by atoms with Crippen LogP contribution in [0.5, 0.6) is 0 Å². The molecule has 4 rings (SSSR count). The molecule has 1 fully saturated rings. The predicted octanol–water partition coefficient (Wildman–Crippen LogP) is 6.87. The van der Waals surface area contributed by atoms with Crippen LogP contribution in [-0.4, -0.2) is 34.1 Å². The summed E-state index contributed by atoms with van der Waals surface area (Å²) in [6.07, 6.45) is 5.72. The van der Waals surface area contributed by atoms with Crippen LogP contribution in [0.4, 0.5) is 4.39 Å². The summed E-state index contributed by atoms with van der Waals surface area (Å²) in [5, 5.41) is 13.9. The van der Waals surface area contributed by atoms with E-state index in [-0.39, 0.29) is 11.6 Å². The smallest absolute Gasteiger partial charge is 0.329 e. The van der Waals surface area contributed by atoms with E-state index >= 15 is 4.39 Å². The molecule has 1 saturated carbocycles. The van der Waals surface area contributed by atoms with Gasteiger partial charge in [0, 0.05) is 23.2 Å². The summed E-state index contributed by atoms with van der Waals surface area (Å²) in [5.74, 6) is -0.506. The minimum Gasteiger partial charge on any atom is -0.480 e. The molecule has 0 saturated heterocycles. The van der Waals surface area contributed by atoms with E-state index in [1.54, 1.807) is 18.2 Å². The molecule has 3 aromatic rings. The molecule has 0 radical (unpaired) electrons. The summed E-state index contributed by atoms with van der Waals surface area (Å²) in [7, 11) is 0. The average Bonchev–Trinajstić information content (AvgIpc) is 3.20. The van der Waals surface area contributed by atoms with Crippen molar-refractivity contribution < 1.29 is 19.0 Å². The number of hydrogen-bond acceptors (Lipinski definition) is 3. The summed E-state index contributed by atoms with van der Waals surface area (Å²) in [4.78, 5) is 10.7. The molecule has 0 unspecified atom stereocenters. The third-order valence-corrected chi connectivity index (χ3v) is 7.05. The first-order valence-corrected chi connectivity index (χ1v) is 12.7. The molecule has 2 aromatic carbocycles. The summed E-state index contributed by atoms with van der Waals surface area (Å²) >= 11 is 6.18. The Morgan fingerprint density at radius 3 is 2.51 bits per heavy atom. The van der Waals surface area contributed by atoms with Crippen LogP contribution in [0.3, 0.4) is 0 Å². The first kappa shape index (κ1) is 25.4. The van der Waals surface area contributed by atoms with Crippen LogP contribution in [0, 0.1) is 17.7 Å². The molecular weight excluding hydrogens is 467 g/mol. The van der Waals surface area contributed by atoms with Gasteiger partial charge in [-0.05, 0) is 50.0 Å². The van der Waals surface area contributed by atoms with Gasteiger partial charge in [-0.15, -0.1) is 0 Å². The number of aromatic nitrogens is 2. The van der Waals surface area contributed by atoms with Crippen molar-refractivity contribution in [3.63, 3.8) is 0 Å². The fourth-order valence-corrected chi connectivity index (χ4v) is 5.24. The maximum absolute atomic E-state index is 15.2. The molecule has 0 spiro atoms. The van der Waals surface area contributed by atoms with Gasteiger partial charge in [0.25, 0.3) is 0 Å². The minimum absolute atomic E-state index is 0.111. The molecule has 1 aliphatic rings. The lowest BCUT2D eigenvalue weighted by Gasteiger charge is -2.28. The number of rotatable bonds is 10. The maximum Gasteiger partial charge on any atom is 0.329 e. The van der Waals surface area contributed by atoms with Crippen LogP contribution in [0.1, 0.15) is 44.7 Å². The molecule has 1 aliphatic carbocycles. The number of carboxylic acid groups (broad SMARTS) is 1. The summed E-state index contributed by atoms with van der Waals surface area (Å²) < 4.78 is 22.6. The number of carbonyl (C=O) groups is 1. The molecule has 0 amide bonds. The van der Waals surface area contributed by atoms with Gasteiger partial charge < -0.3 is 9.84 Å². The second-order valence-corrected chi connectivity index (χ2v) is 9.77. The van der Waals surface area contributed by atoms with Crippen molar-refractivity contribution in [2.45, 2.75) is 52.0 Å². The van der Waals surface area contributed by atoms with Gasteiger partial charge in [0.15, 0.2) is 0 Å². The molecule has 5 nitrogen and oxygen atoms in total. The van der Waals surface area contributed by atoms with Gasteiger partial charge in [0.1, 0.15) is 12.4 Å². The summed E-state index contributed by atoms with van der Waals surface area (Å²) in [6.45, 7) is 3.12. The van der Waals surface area contributed by atoms with E-state index in [0.29, 0.717) is 24.0 Å². The van der Waals surface area contributed by atoms with E-state index in [4.69, 9.17) is 26.5 Å². The molecule has 1 heterocycles. The molecule has 186 valence electrons. The Morgan fingerprint density at radius 1 is 1.11 bits per heavy atom. The number of halogens is 2. The van der Waals surface area contributed by atoms with Gasteiger partial charge >= 0.3 is 5.97 Å². The van der Waals surface area contributed by atoms with E-state index < -0.39 is 11.8 Å². The Hall–Kier alpha value is -2.70. The highest BCUT2D eigenvalue weighted by molar-refractivity contribution is 6.31. The second kappa shape index (κ2) is 11.8. The van der Waals surface area contributed by atoms with Gasteiger partial charge in [-0.3, -0.25) is 4.68 Å². The van der Waals surface area contributed by atoms with Crippen LogP contribution < -0.4 is 0 Å². The second-order valence-electron chi connectivity index (χ2n) is 9.37. The Balaban J connectivity index is 1.64. The van der Waals surface area contributed by atoms with E-state index in [1.165, 1.54) is 0 Å². The monoisotopic (exact) mass is 498 g/mol. The standard InChI is InChI=1S/C28H32ClFN2O3/c1-2-7-24-26(22-10-6-11-23(29)27(22)30)28(21-8-4-3-5-9-21)32(31-24)16-19-12-14-20(15-13-19)17-35-18-25(33)34/h3-6,8-11,19-20H,2,7,12-18H2,1H3,(H,33,34)/t19-,20+. The average molecular weight is 499 g/mol. The zero-order valence-electron chi connectivity index (χ0n) is 20.1. The molecular formula is C28H32ClFN2O3. The van der Waals surface area contributed by atoms with Crippen LogP contribution in [-0.2, 0) is 22.5 Å². The Morgan fingerprint density at radius 2 is 1.83 bits per heavy atom. The lowest BCUT2D eigenvalue weighted by atomic mass is 9.82. The molecule has 7 heteroatoms. The molecule has 35 heavy (non-hydrogen) atoms. The van der Waals surface area contributed by atoms with Crippen molar-refractivity contribution in [2.24, 2.45) is 11.8 Å². The molecule has 1 aromatic heterocycles. The third kappa shape index (κ3) is 6.11. The van der Waals surface area contributed by atoms with Crippen LogP contribution in [0.25, 0.3) is 22.4 Å². The van der Waals surface area contributed by atoms with E-state index in [9.17, 15) is 4.79 Å². The minimum atomic E-state index is -0.930. The zero-order chi connectivity index (χ0) is 24.8. The van der Waals surface area contributed by atoms with Gasteiger partial charge in [0.2, 0.25) is 0 Å². The number of benzene rings is 2. The number of carboxylic acids is 1. The van der Waals surface area contributed by atoms with Gasteiger partial charge in [-0.2, -0.15) is 5.10 Å². The highest BCUT2D eigenvalue weighted by Crippen LogP contribution is 2.40. The fraction of sp³-hybridized carbons (Fsp3) is 0.429. The number of aryl methyl sites for hydroxylation is 1. The van der Waals surface area contributed by atoms with Crippen molar-refractivity contribution in [1.29, 1.82) is 0 Å². The Labute approximate surface area is 210 Å². The van der Waals surface area contributed by atoms with Crippen molar-refractivity contribution in [2.75, 3.05) is 13.2 Å². The highest BCUT2D eigenvalue weighted by atomic mass is 35.5. The Bertz CT molecular complexity index is 1140. The largest absolute Gasteiger partial charge is 0.480 e. The predicted molar refractivity (Wildman–Crippen MR) is 136 cm³/mol. The van der Waals surface area contributed by atoms with Crippen molar-refractivity contribution in [3.05, 3.63) is 65.1 Å². The molecule has 1 N–H and O–H groups in total. The number of ether oxygens (including phenoxy) is 1. The fourth-order valence-electron chi connectivity index (χ4n) is 5.06. The number of aliphatic carboxylic acids is 1. The van der Waals surface area contributed by atoms with Crippen molar-refractivity contribution >= 4 is 17.6 Å². The third-order valence-electron chi connectivity index (χ3n) is 6.76. The van der Waals surface area contributed by atoms with Crippen molar-refractivity contribution in [1.82, 2.24) is 9.78 Å². The lowest BCUT2D eigenvalue weighted by molar-refractivity contribution is -0.142. The van der Waals surface area contributed by atoms with E-state index in [0.717, 1.165) is 67.6 Å². The van der Waals surface area contributed by atoms with Gasteiger partial charge in [0.05, 0.1) is 23.0 Å².